The molecular formula is C21H22N4O. The Morgan fingerprint density at radius 1 is 1.12 bits per heavy atom. The Kier molecular flexibility index (Phi) is 4.09. The van der Waals surface area contributed by atoms with Crippen LogP contribution in [0.1, 0.15) is 10.4 Å². The van der Waals surface area contributed by atoms with Gasteiger partial charge in [0, 0.05) is 36.3 Å². The van der Waals surface area contributed by atoms with Gasteiger partial charge in [0.25, 0.3) is 5.91 Å². The number of aryl methyl sites for hydroxylation is 1. The molecule has 1 amide bonds. The monoisotopic (exact) mass is 346 g/mol. The molecule has 2 aromatic carbocycles. The first-order valence-corrected chi connectivity index (χ1v) is 8.76. The van der Waals surface area contributed by atoms with Gasteiger partial charge >= 0.3 is 0 Å². The number of likely N-dealkylation sites (N-methyl/N-ethyl adjacent to an activating group) is 1. The minimum absolute atomic E-state index is 0.0805. The SMILES string of the molecule is CN(C)CCNC(=O)c1cccc2cc3c4ccccc4n(C)c3nc12. The van der Waals surface area contributed by atoms with Gasteiger partial charge in [-0.3, -0.25) is 4.79 Å². The molecule has 2 aromatic heterocycles. The maximum atomic E-state index is 12.7. The average Bonchev–Trinajstić information content (AvgIpc) is 2.91. The predicted molar refractivity (Wildman–Crippen MR) is 107 cm³/mol. The lowest BCUT2D eigenvalue weighted by atomic mass is 10.1. The fourth-order valence-electron chi connectivity index (χ4n) is 3.42. The molecule has 4 aromatic rings. The zero-order valence-electron chi connectivity index (χ0n) is 15.3. The number of para-hydroxylation sites is 2. The quantitative estimate of drug-likeness (QED) is 0.617. The second kappa shape index (κ2) is 6.42. The Labute approximate surface area is 152 Å². The molecule has 0 saturated carbocycles. The summed E-state index contributed by atoms with van der Waals surface area (Å²) in [4.78, 5) is 19.6. The number of fused-ring (bicyclic) bond motifs is 4. The number of pyridine rings is 1. The van der Waals surface area contributed by atoms with Crippen LogP contribution in [0, 0.1) is 0 Å². The third-order valence-corrected chi connectivity index (χ3v) is 4.79. The summed E-state index contributed by atoms with van der Waals surface area (Å²) >= 11 is 0. The van der Waals surface area contributed by atoms with Gasteiger partial charge in [-0.05, 0) is 32.3 Å². The van der Waals surface area contributed by atoms with E-state index in [0.717, 1.165) is 34.0 Å². The zero-order chi connectivity index (χ0) is 18.3. The Balaban J connectivity index is 1.85. The molecular weight excluding hydrogens is 324 g/mol. The van der Waals surface area contributed by atoms with Crippen LogP contribution in [-0.4, -0.2) is 47.5 Å². The zero-order valence-corrected chi connectivity index (χ0v) is 15.3. The van der Waals surface area contributed by atoms with Crippen molar-refractivity contribution in [3.8, 4) is 0 Å². The summed E-state index contributed by atoms with van der Waals surface area (Å²) in [6.07, 6.45) is 0. The van der Waals surface area contributed by atoms with Crippen molar-refractivity contribution >= 4 is 38.7 Å². The number of nitrogens with one attached hydrogen (secondary N) is 1. The Hall–Kier alpha value is -2.92. The molecule has 0 aliphatic rings. The second-order valence-electron chi connectivity index (χ2n) is 6.87. The van der Waals surface area contributed by atoms with Crippen LogP contribution in [0.5, 0.6) is 0 Å². The summed E-state index contributed by atoms with van der Waals surface area (Å²) in [5.74, 6) is -0.0805. The molecule has 0 bridgehead atoms. The van der Waals surface area contributed by atoms with Crippen molar-refractivity contribution in [3.63, 3.8) is 0 Å². The summed E-state index contributed by atoms with van der Waals surface area (Å²) in [6, 6.07) is 16.2. The third-order valence-electron chi connectivity index (χ3n) is 4.79. The van der Waals surface area contributed by atoms with E-state index in [0.29, 0.717) is 12.1 Å². The predicted octanol–water partition coefficient (Wildman–Crippen LogP) is 3.17. The minimum Gasteiger partial charge on any atom is -0.351 e. The Morgan fingerprint density at radius 2 is 1.92 bits per heavy atom. The van der Waals surface area contributed by atoms with E-state index in [2.05, 4.69) is 28.1 Å². The molecule has 4 rings (SSSR count). The maximum Gasteiger partial charge on any atom is 0.253 e. The summed E-state index contributed by atoms with van der Waals surface area (Å²) in [5, 5.41) is 6.26. The van der Waals surface area contributed by atoms with Gasteiger partial charge < -0.3 is 14.8 Å². The van der Waals surface area contributed by atoms with E-state index in [1.807, 2.05) is 56.4 Å². The maximum absolute atomic E-state index is 12.7. The molecule has 0 atom stereocenters. The highest BCUT2D eigenvalue weighted by Crippen LogP contribution is 2.30. The van der Waals surface area contributed by atoms with Crippen molar-refractivity contribution in [2.75, 3.05) is 27.2 Å². The smallest absolute Gasteiger partial charge is 0.253 e. The van der Waals surface area contributed by atoms with Crippen molar-refractivity contribution in [2.24, 2.45) is 7.05 Å². The van der Waals surface area contributed by atoms with Gasteiger partial charge in [0.2, 0.25) is 0 Å². The van der Waals surface area contributed by atoms with E-state index >= 15 is 0 Å². The van der Waals surface area contributed by atoms with Crippen LogP contribution in [0.25, 0.3) is 32.8 Å². The molecule has 0 fully saturated rings. The number of benzene rings is 2. The third kappa shape index (κ3) is 2.70. The molecule has 26 heavy (non-hydrogen) atoms. The fraction of sp³-hybridized carbons (Fsp3) is 0.238. The van der Waals surface area contributed by atoms with Crippen molar-refractivity contribution in [1.82, 2.24) is 19.8 Å². The topological polar surface area (TPSA) is 50.2 Å². The van der Waals surface area contributed by atoms with Crippen LogP contribution in [0.15, 0.2) is 48.5 Å². The van der Waals surface area contributed by atoms with Gasteiger partial charge in [-0.15, -0.1) is 0 Å². The number of aromatic nitrogens is 2. The highest BCUT2D eigenvalue weighted by Gasteiger charge is 2.15. The molecule has 0 unspecified atom stereocenters. The lowest BCUT2D eigenvalue weighted by Crippen LogP contribution is -2.31. The normalized spacial score (nSPS) is 11.7. The van der Waals surface area contributed by atoms with Gasteiger partial charge in [0.1, 0.15) is 5.65 Å². The highest BCUT2D eigenvalue weighted by molar-refractivity contribution is 6.13. The molecule has 132 valence electrons. The molecule has 5 heteroatoms. The van der Waals surface area contributed by atoms with Gasteiger partial charge in [0.15, 0.2) is 0 Å². The lowest BCUT2D eigenvalue weighted by Gasteiger charge is -2.11. The number of carbonyl (C=O) groups excluding carboxylic acids is 1. The summed E-state index contributed by atoms with van der Waals surface area (Å²) in [7, 11) is 5.99. The number of amides is 1. The lowest BCUT2D eigenvalue weighted by molar-refractivity contribution is 0.0952. The standard InChI is InChI=1S/C21H22N4O/c1-24(2)12-11-22-21(26)16-9-6-7-14-13-17-15-8-4-5-10-18(15)25(3)20(17)23-19(14)16/h4-10,13H,11-12H2,1-3H3,(H,22,26). The molecule has 0 aliphatic heterocycles. The van der Waals surface area contributed by atoms with Crippen LogP contribution in [-0.2, 0) is 7.05 Å². The molecule has 1 N–H and O–H groups in total. The van der Waals surface area contributed by atoms with Crippen LogP contribution in [0.2, 0.25) is 0 Å². The number of rotatable bonds is 4. The molecule has 0 aliphatic carbocycles. The van der Waals surface area contributed by atoms with E-state index < -0.39 is 0 Å². The van der Waals surface area contributed by atoms with E-state index in [1.165, 1.54) is 5.39 Å². The molecule has 0 saturated heterocycles. The largest absolute Gasteiger partial charge is 0.351 e. The number of nitrogens with zero attached hydrogens (tertiary/aromatic N) is 3. The van der Waals surface area contributed by atoms with E-state index in [4.69, 9.17) is 4.98 Å². The highest BCUT2D eigenvalue weighted by atomic mass is 16.1. The van der Waals surface area contributed by atoms with Crippen molar-refractivity contribution in [1.29, 1.82) is 0 Å². The van der Waals surface area contributed by atoms with Gasteiger partial charge in [-0.1, -0.05) is 30.3 Å². The van der Waals surface area contributed by atoms with Gasteiger partial charge in [0.05, 0.1) is 16.6 Å². The first-order chi connectivity index (χ1) is 12.6. The molecule has 5 nitrogen and oxygen atoms in total. The summed E-state index contributed by atoms with van der Waals surface area (Å²) in [5.41, 5.74) is 3.40. The van der Waals surface area contributed by atoms with Crippen molar-refractivity contribution in [2.45, 2.75) is 0 Å². The Bertz CT molecular complexity index is 1130. The van der Waals surface area contributed by atoms with Crippen LogP contribution in [0.4, 0.5) is 0 Å². The van der Waals surface area contributed by atoms with E-state index in [9.17, 15) is 4.79 Å². The molecule has 2 heterocycles. The van der Waals surface area contributed by atoms with Crippen molar-refractivity contribution in [3.05, 3.63) is 54.1 Å². The van der Waals surface area contributed by atoms with Gasteiger partial charge in [-0.2, -0.15) is 0 Å². The summed E-state index contributed by atoms with van der Waals surface area (Å²) in [6.45, 7) is 1.41. The number of hydrogen-bond acceptors (Lipinski definition) is 3. The molecule has 0 radical (unpaired) electrons. The van der Waals surface area contributed by atoms with Crippen molar-refractivity contribution < 1.29 is 4.79 Å². The van der Waals surface area contributed by atoms with E-state index in [1.54, 1.807) is 0 Å². The number of carbonyl (C=O) groups is 1. The van der Waals surface area contributed by atoms with Crippen LogP contribution >= 0.6 is 0 Å². The summed E-state index contributed by atoms with van der Waals surface area (Å²) < 4.78 is 2.09. The van der Waals surface area contributed by atoms with Gasteiger partial charge in [-0.25, -0.2) is 4.98 Å². The molecule has 0 spiro atoms. The van der Waals surface area contributed by atoms with E-state index in [-0.39, 0.29) is 5.91 Å². The van der Waals surface area contributed by atoms with Crippen LogP contribution < -0.4 is 5.32 Å². The second-order valence-corrected chi connectivity index (χ2v) is 6.87. The Morgan fingerprint density at radius 3 is 2.73 bits per heavy atom. The average molecular weight is 346 g/mol. The van der Waals surface area contributed by atoms with Crippen LogP contribution in [0.3, 0.4) is 0 Å². The minimum atomic E-state index is -0.0805. The first-order valence-electron chi connectivity index (χ1n) is 8.76. The number of hydrogen-bond donors (Lipinski definition) is 1. The fourth-order valence-corrected chi connectivity index (χ4v) is 3.42. The first kappa shape index (κ1) is 16.5.